The van der Waals surface area contributed by atoms with Crippen LogP contribution in [0.5, 0.6) is 0 Å². The Balaban J connectivity index is 4.72. The SMILES string of the molecule is CC(N=O)C(C)(C)NCC(C)(CN)CNC(C)(C)C(C)N=O. The van der Waals surface area contributed by atoms with Gasteiger partial charge < -0.3 is 16.4 Å². The largest absolute Gasteiger partial charge is 0.330 e. The summed E-state index contributed by atoms with van der Waals surface area (Å²) in [5, 5.41) is 13.0. The molecule has 4 N–H and O–H groups in total. The van der Waals surface area contributed by atoms with E-state index in [9.17, 15) is 9.81 Å². The molecule has 130 valence electrons. The smallest absolute Gasteiger partial charge is 0.107 e. The molecule has 0 aromatic rings. The summed E-state index contributed by atoms with van der Waals surface area (Å²) in [6, 6.07) is -0.670. The monoisotopic (exact) mass is 315 g/mol. The van der Waals surface area contributed by atoms with Crippen molar-refractivity contribution >= 4 is 0 Å². The molecular weight excluding hydrogens is 282 g/mol. The van der Waals surface area contributed by atoms with Crippen molar-refractivity contribution in [3.05, 3.63) is 9.81 Å². The van der Waals surface area contributed by atoms with Gasteiger partial charge in [-0.25, -0.2) is 0 Å². The van der Waals surface area contributed by atoms with Crippen LogP contribution in [0.2, 0.25) is 0 Å². The summed E-state index contributed by atoms with van der Waals surface area (Å²) >= 11 is 0. The van der Waals surface area contributed by atoms with Crippen molar-refractivity contribution in [1.82, 2.24) is 10.6 Å². The zero-order valence-corrected chi connectivity index (χ0v) is 15.1. The summed E-state index contributed by atoms with van der Waals surface area (Å²) in [5.41, 5.74) is 4.93. The van der Waals surface area contributed by atoms with Gasteiger partial charge in [0.25, 0.3) is 0 Å². The van der Waals surface area contributed by atoms with Crippen LogP contribution in [0, 0.1) is 15.2 Å². The van der Waals surface area contributed by atoms with Crippen molar-refractivity contribution in [2.45, 2.75) is 71.6 Å². The van der Waals surface area contributed by atoms with Gasteiger partial charge in [0.15, 0.2) is 0 Å². The van der Waals surface area contributed by atoms with Gasteiger partial charge in [-0.3, -0.25) is 0 Å². The van der Waals surface area contributed by atoms with E-state index in [1.54, 1.807) is 13.8 Å². The van der Waals surface area contributed by atoms with E-state index < -0.39 is 11.1 Å². The van der Waals surface area contributed by atoms with E-state index in [1.807, 2.05) is 27.7 Å². The molecule has 0 aromatic carbocycles. The minimum atomic E-state index is -0.397. The average Bonchev–Trinajstić information content (AvgIpc) is 2.49. The molecule has 7 heteroatoms. The fourth-order valence-corrected chi connectivity index (χ4v) is 1.65. The van der Waals surface area contributed by atoms with Gasteiger partial charge in [-0.1, -0.05) is 17.3 Å². The molecule has 0 aromatic heterocycles. The topological polar surface area (TPSA) is 109 Å². The minimum absolute atomic E-state index is 0.209. The number of hydrogen-bond acceptors (Lipinski definition) is 7. The highest BCUT2D eigenvalue weighted by atomic mass is 16.3. The fourth-order valence-electron chi connectivity index (χ4n) is 1.65. The highest BCUT2D eigenvalue weighted by Crippen LogP contribution is 2.20. The second kappa shape index (κ2) is 8.08. The zero-order valence-electron chi connectivity index (χ0n) is 15.1. The summed E-state index contributed by atoms with van der Waals surface area (Å²) in [4.78, 5) is 21.5. The first kappa shape index (κ1) is 21.1. The van der Waals surface area contributed by atoms with Gasteiger partial charge in [-0.05, 0) is 41.5 Å². The first-order valence-electron chi connectivity index (χ1n) is 7.79. The Bertz CT molecular complexity index is 341. The second-order valence-electron chi connectivity index (χ2n) is 7.73. The Kier molecular flexibility index (Phi) is 7.74. The number of nitrogens with one attached hydrogen (secondary N) is 2. The van der Waals surface area contributed by atoms with Gasteiger partial charge in [-0.2, -0.15) is 9.81 Å². The quantitative estimate of drug-likeness (QED) is 0.505. The lowest BCUT2D eigenvalue weighted by molar-refractivity contribution is 0.210. The van der Waals surface area contributed by atoms with E-state index in [-0.39, 0.29) is 17.5 Å². The molecule has 0 bridgehead atoms. The summed E-state index contributed by atoms with van der Waals surface area (Å²) in [7, 11) is 0. The Labute approximate surface area is 134 Å². The maximum absolute atomic E-state index is 10.7. The van der Waals surface area contributed by atoms with Crippen LogP contribution in [0.3, 0.4) is 0 Å². The van der Waals surface area contributed by atoms with Gasteiger partial charge >= 0.3 is 0 Å². The van der Waals surface area contributed by atoms with Crippen LogP contribution in [0.25, 0.3) is 0 Å². The molecule has 0 aliphatic carbocycles. The minimum Gasteiger partial charge on any atom is -0.330 e. The molecule has 2 unspecified atom stereocenters. The van der Waals surface area contributed by atoms with Crippen LogP contribution in [0.1, 0.15) is 48.5 Å². The lowest BCUT2D eigenvalue weighted by atomic mass is 9.86. The number of rotatable bonds is 11. The van der Waals surface area contributed by atoms with Crippen molar-refractivity contribution in [3.63, 3.8) is 0 Å². The summed E-state index contributed by atoms with van der Waals surface area (Å²) in [5.74, 6) is 0. The Morgan fingerprint density at radius 2 is 1.18 bits per heavy atom. The molecule has 0 heterocycles. The molecule has 0 aliphatic rings. The maximum atomic E-state index is 10.7. The summed E-state index contributed by atoms with van der Waals surface area (Å²) < 4.78 is 0. The van der Waals surface area contributed by atoms with Crippen molar-refractivity contribution in [2.75, 3.05) is 19.6 Å². The Hall–Kier alpha value is -0.920. The first-order chi connectivity index (χ1) is 9.94. The van der Waals surface area contributed by atoms with Gasteiger partial charge in [0.05, 0.1) is 0 Å². The average molecular weight is 315 g/mol. The predicted octanol–water partition coefficient (Wildman–Crippen LogP) is 2.00. The molecule has 0 amide bonds. The second-order valence-corrected chi connectivity index (χ2v) is 7.73. The van der Waals surface area contributed by atoms with Gasteiger partial charge in [-0.15, -0.1) is 0 Å². The maximum Gasteiger partial charge on any atom is 0.107 e. The number of hydrogen-bond donors (Lipinski definition) is 3. The van der Waals surface area contributed by atoms with E-state index in [0.717, 1.165) is 0 Å². The first-order valence-corrected chi connectivity index (χ1v) is 7.79. The zero-order chi connectivity index (χ0) is 17.6. The Morgan fingerprint density at radius 1 is 0.864 bits per heavy atom. The molecule has 0 saturated carbocycles. The number of nitrogens with two attached hydrogens (primary N) is 1. The molecule has 7 nitrogen and oxygen atoms in total. The van der Waals surface area contributed by atoms with E-state index in [4.69, 9.17) is 5.73 Å². The third-order valence-electron chi connectivity index (χ3n) is 4.84. The van der Waals surface area contributed by atoms with E-state index in [0.29, 0.717) is 19.6 Å². The Morgan fingerprint density at radius 3 is 1.41 bits per heavy atom. The lowest BCUT2D eigenvalue weighted by Gasteiger charge is -2.38. The molecule has 0 fully saturated rings. The van der Waals surface area contributed by atoms with Gasteiger partial charge in [0.2, 0.25) is 0 Å². The molecule has 22 heavy (non-hydrogen) atoms. The summed E-state index contributed by atoms with van der Waals surface area (Å²) in [6.45, 7) is 15.2. The third kappa shape index (κ3) is 6.06. The highest BCUT2D eigenvalue weighted by molar-refractivity contribution is 4.94. The van der Waals surface area contributed by atoms with E-state index in [2.05, 4.69) is 27.9 Å². The van der Waals surface area contributed by atoms with Crippen LogP contribution in [-0.2, 0) is 0 Å². The van der Waals surface area contributed by atoms with Gasteiger partial charge in [0.1, 0.15) is 12.1 Å². The number of nitroso groups, excluding NO2 is 2. The van der Waals surface area contributed by atoms with Crippen molar-refractivity contribution in [2.24, 2.45) is 21.5 Å². The predicted molar refractivity (Wildman–Crippen MR) is 91.8 cm³/mol. The van der Waals surface area contributed by atoms with Crippen molar-refractivity contribution in [3.8, 4) is 0 Å². The van der Waals surface area contributed by atoms with E-state index in [1.165, 1.54) is 0 Å². The van der Waals surface area contributed by atoms with Crippen molar-refractivity contribution in [1.29, 1.82) is 0 Å². The van der Waals surface area contributed by atoms with Crippen molar-refractivity contribution < 1.29 is 0 Å². The summed E-state index contributed by atoms with van der Waals surface area (Å²) in [6.07, 6.45) is 0. The third-order valence-corrected chi connectivity index (χ3v) is 4.84. The molecule has 2 atom stereocenters. The van der Waals surface area contributed by atoms with Crippen LogP contribution in [0.4, 0.5) is 0 Å². The lowest BCUT2D eigenvalue weighted by Crippen LogP contribution is -2.57. The molecule has 0 saturated heterocycles. The normalized spacial score (nSPS) is 18.4. The van der Waals surface area contributed by atoms with E-state index >= 15 is 0 Å². The molecule has 0 aliphatic heterocycles. The van der Waals surface area contributed by atoms with Crippen LogP contribution < -0.4 is 16.4 Å². The van der Waals surface area contributed by atoms with Gasteiger partial charge in [0, 0.05) is 36.1 Å². The molecular formula is C15H33N5O2. The van der Waals surface area contributed by atoms with Crippen LogP contribution in [-0.4, -0.2) is 42.8 Å². The molecule has 0 spiro atoms. The van der Waals surface area contributed by atoms with Crippen LogP contribution >= 0.6 is 0 Å². The fraction of sp³-hybridized carbons (Fsp3) is 1.00. The molecule has 0 radical (unpaired) electrons. The molecule has 0 rings (SSSR count). The standard InChI is InChI=1S/C15H33N5O2/c1-11(19-21)13(3,4)17-9-15(7,8-16)10-18-14(5,6)12(2)20-22/h11-12,17-18H,8-10,16H2,1-7H3. The number of nitrogens with zero attached hydrogens (tertiary/aromatic N) is 2. The van der Waals surface area contributed by atoms with Crippen LogP contribution in [0.15, 0.2) is 10.4 Å². The highest BCUT2D eigenvalue weighted by Gasteiger charge is 2.33.